The number of hydrogen-bond acceptors (Lipinski definition) is 5. The first-order chi connectivity index (χ1) is 14.7. The third-order valence-corrected chi connectivity index (χ3v) is 6.15. The van der Waals surface area contributed by atoms with Crippen LogP contribution in [0.5, 0.6) is 0 Å². The zero-order valence-electron chi connectivity index (χ0n) is 17.8. The molecule has 1 amide bonds. The van der Waals surface area contributed by atoms with Crippen molar-refractivity contribution >= 4 is 15.9 Å². The Kier molecular flexibility index (Phi) is 7.19. The molecule has 0 radical (unpaired) electrons. The smallest absolute Gasteiger partial charge is 0.241 e. The van der Waals surface area contributed by atoms with Crippen LogP contribution in [0.1, 0.15) is 31.4 Å². The molecule has 2 heterocycles. The van der Waals surface area contributed by atoms with E-state index < -0.39 is 16.1 Å². The second-order valence-electron chi connectivity index (χ2n) is 7.81. The number of carbonyl (C=O) groups is 1. The maximum atomic E-state index is 12.8. The molecule has 31 heavy (non-hydrogen) atoms. The SMILES string of the molecule is Cc1ccc(S(=O)(=O)NC(CC(C)C)C(=O)NCc2ccc(-n3cccn3)nc2)cc1. The van der Waals surface area contributed by atoms with Gasteiger partial charge in [0.05, 0.1) is 4.90 Å². The molecule has 164 valence electrons. The molecule has 0 aliphatic heterocycles. The summed E-state index contributed by atoms with van der Waals surface area (Å²) in [5.41, 5.74) is 1.76. The van der Waals surface area contributed by atoms with Gasteiger partial charge in [0.2, 0.25) is 15.9 Å². The van der Waals surface area contributed by atoms with E-state index in [4.69, 9.17) is 0 Å². The number of nitrogens with one attached hydrogen (secondary N) is 2. The van der Waals surface area contributed by atoms with Gasteiger partial charge in [-0.05, 0) is 49.1 Å². The highest BCUT2D eigenvalue weighted by Gasteiger charge is 2.26. The Morgan fingerprint density at radius 3 is 2.45 bits per heavy atom. The largest absolute Gasteiger partial charge is 0.351 e. The van der Waals surface area contributed by atoms with Gasteiger partial charge >= 0.3 is 0 Å². The van der Waals surface area contributed by atoms with E-state index >= 15 is 0 Å². The number of amides is 1. The monoisotopic (exact) mass is 441 g/mol. The lowest BCUT2D eigenvalue weighted by atomic mass is 10.0. The van der Waals surface area contributed by atoms with Gasteiger partial charge in [-0.1, -0.05) is 37.6 Å². The van der Waals surface area contributed by atoms with Crippen LogP contribution in [0.15, 0.2) is 66.0 Å². The van der Waals surface area contributed by atoms with Crippen LogP contribution in [0, 0.1) is 12.8 Å². The van der Waals surface area contributed by atoms with Gasteiger partial charge in [-0.3, -0.25) is 4.79 Å². The number of nitrogens with zero attached hydrogens (tertiary/aromatic N) is 3. The number of benzene rings is 1. The molecule has 1 unspecified atom stereocenters. The highest BCUT2D eigenvalue weighted by molar-refractivity contribution is 7.89. The minimum Gasteiger partial charge on any atom is -0.351 e. The lowest BCUT2D eigenvalue weighted by Crippen LogP contribution is -2.47. The molecule has 1 aromatic carbocycles. The molecule has 2 aromatic heterocycles. The number of aromatic nitrogens is 3. The molecule has 0 aliphatic carbocycles. The van der Waals surface area contributed by atoms with Crippen LogP contribution in [-0.2, 0) is 21.4 Å². The first-order valence-electron chi connectivity index (χ1n) is 10.1. The molecule has 0 fully saturated rings. The third-order valence-electron chi connectivity index (χ3n) is 4.67. The molecule has 3 aromatic rings. The van der Waals surface area contributed by atoms with Crippen molar-refractivity contribution in [3.05, 3.63) is 72.2 Å². The van der Waals surface area contributed by atoms with E-state index in [0.717, 1.165) is 11.1 Å². The van der Waals surface area contributed by atoms with Crippen molar-refractivity contribution in [1.82, 2.24) is 24.8 Å². The average molecular weight is 442 g/mol. The summed E-state index contributed by atoms with van der Waals surface area (Å²) in [6.07, 6.45) is 5.50. The quantitative estimate of drug-likeness (QED) is 0.531. The van der Waals surface area contributed by atoms with Crippen molar-refractivity contribution in [2.24, 2.45) is 5.92 Å². The average Bonchev–Trinajstić information content (AvgIpc) is 3.26. The second kappa shape index (κ2) is 9.84. The van der Waals surface area contributed by atoms with Gasteiger partial charge in [-0.2, -0.15) is 9.82 Å². The minimum absolute atomic E-state index is 0.131. The van der Waals surface area contributed by atoms with Crippen LogP contribution in [-0.4, -0.2) is 35.1 Å². The Bertz CT molecular complexity index is 1090. The molecule has 0 saturated carbocycles. The number of sulfonamides is 1. The molecule has 9 heteroatoms. The van der Waals surface area contributed by atoms with E-state index in [1.54, 1.807) is 41.5 Å². The maximum absolute atomic E-state index is 12.8. The van der Waals surface area contributed by atoms with Crippen molar-refractivity contribution in [3.63, 3.8) is 0 Å². The summed E-state index contributed by atoms with van der Waals surface area (Å²) in [7, 11) is -3.81. The van der Waals surface area contributed by atoms with Crippen LogP contribution in [0.3, 0.4) is 0 Å². The van der Waals surface area contributed by atoms with Crippen LogP contribution in [0.25, 0.3) is 5.82 Å². The van der Waals surface area contributed by atoms with Gasteiger partial charge in [0, 0.05) is 25.1 Å². The summed E-state index contributed by atoms with van der Waals surface area (Å²) in [4.78, 5) is 17.3. The Hall–Kier alpha value is -3.04. The van der Waals surface area contributed by atoms with Gasteiger partial charge in [-0.15, -0.1) is 0 Å². The number of rotatable bonds is 9. The van der Waals surface area contributed by atoms with Crippen LogP contribution < -0.4 is 10.0 Å². The molecule has 0 saturated heterocycles. The van der Waals surface area contributed by atoms with E-state index in [1.165, 1.54) is 12.1 Å². The third kappa shape index (κ3) is 6.22. The molecule has 0 aliphatic rings. The van der Waals surface area contributed by atoms with Crippen molar-refractivity contribution < 1.29 is 13.2 Å². The van der Waals surface area contributed by atoms with E-state index in [0.29, 0.717) is 12.2 Å². The van der Waals surface area contributed by atoms with E-state index in [1.807, 2.05) is 32.9 Å². The summed E-state index contributed by atoms with van der Waals surface area (Å²) >= 11 is 0. The predicted molar refractivity (Wildman–Crippen MR) is 118 cm³/mol. The number of pyridine rings is 1. The summed E-state index contributed by atoms with van der Waals surface area (Å²) in [6, 6.07) is 11.1. The second-order valence-corrected chi connectivity index (χ2v) is 9.52. The van der Waals surface area contributed by atoms with E-state index in [-0.39, 0.29) is 23.3 Å². The molecule has 0 spiro atoms. The Morgan fingerprint density at radius 2 is 1.87 bits per heavy atom. The number of carbonyl (C=O) groups excluding carboxylic acids is 1. The first-order valence-corrected chi connectivity index (χ1v) is 11.5. The summed E-state index contributed by atoms with van der Waals surface area (Å²) in [6.45, 7) is 6.01. The van der Waals surface area contributed by atoms with Gasteiger partial charge in [-0.25, -0.2) is 18.1 Å². The summed E-state index contributed by atoms with van der Waals surface area (Å²) in [5.74, 6) is 0.427. The van der Waals surface area contributed by atoms with Crippen molar-refractivity contribution in [3.8, 4) is 5.82 Å². The molecular formula is C22H27N5O3S. The normalized spacial score (nSPS) is 12.6. The number of aryl methyl sites for hydroxylation is 1. The van der Waals surface area contributed by atoms with Crippen molar-refractivity contribution in [2.75, 3.05) is 0 Å². The fraction of sp³-hybridized carbons (Fsp3) is 0.318. The topological polar surface area (TPSA) is 106 Å². The fourth-order valence-corrected chi connectivity index (χ4v) is 4.23. The minimum atomic E-state index is -3.81. The molecule has 0 bridgehead atoms. The molecular weight excluding hydrogens is 414 g/mol. The summed E-state index contributed by atoms with van der Waals surface area (Å²) in [5, 5.41) is 6.94. The predicted octanol–water partition coefficient (Wildman–Crippen LogP) is 2.59. The van der Waals surface area contributed by atoms with Gasteiger partial charge in [0.25, 0.3) is 0 Å². The van der Waals surface area contributed by atoms with Crippen LogP contribution in [0.2, 0.25) is 0 Å². The lowest BCUT2D eigenvalue weighted by Gasteiger charge is -2.20. The lowest BCUT2D eigenvalue weighted by molar-refractivity contribution is -0.123. The zero-order valence-corrected chi connectivity index (χ0v) is 18.6. The van der Waals surface area contributed by atoms with Gasteiger partial charge in [0.1, 0.15) is 6.04 Å². The van der Waals surface area contributed by atoms with Gasteiger partial charge < -0.3 is 5.32 Å². The Labute approximate surface area is 182 Å². The Balaban J connectivity index is 1.66. The maximum Gasteiger partial charge on any atom is 0.241 e. The van der Waals surface area contributed by atoms with Crippen LogP contribution >= 0.6 is 0 Å². The number of hydrogen-bond donors (Lipinski definition) is 2. The standard InChI is InChI=1S/C22H27N5O3S/c1-16(2)13-20(26-31(29,30)19-8-5-17(3)6-9-19)22(28)24-15-18-7-10-21(23-14-18)27-12-4-11-25-27/h4-12,14,16,20,26H,13,15H2,1-3H3,(H,24,28). The molecule has 2 N–H and O–H groups in total. The molecule has 8 nitrogen and oxygen atoms in total. The van der Waals surface area contributed by atoms with Crippen LogP contribution in [0.4, 0.5) is 0 Å². The Morgan fingerprint density at radius 1 is 1.13 bits per heavy atom. The fourth-order valence-electron chi connectivity index (χ4n) is 3.03. The zero-order chi connectivity index (χ0) is 22.4. The highest BCUT2D eigenvalue weighted by Crippen LogP contribution is 2.14. The van der Waals surface area contributed by atoms with Crippen molar-refractivity contribution in [2.45, 2.75) is 44.7 Å². The molecule has 1 atom stereocenters. The highest BCUT2D eigenvalue weighted by atomic mass is 32.2. The van der Waals surface area contributed by atoms with E-state index in [2.05, 4.69) is 20.1 Å². The first kappa shape index (κ1) is 22.6. The van der Waals surface area contributed by atoms with Gasteiger partial charge in [0.15, 0.2) is 5.82 Å². The van der Waals surface area contributed by atoms with E-state index in [9.17, 15) is 13.2 Å². The summed E-state index contributed by atoms with van der Waals surface area (Å²) < 4.78 is 29.7. The molecule has 3 rings (SSSR count). The van der Waals surface area contributed by atoms with Crippen molar-refractivity contribution in [1.29, 1.82) is 0 Å².